The molecule has 0 saturated carbocycles. The van der Waals surface area contributed by atoms with Gasteiger partial charge < -0.3 is 10.6 Å². The zero-order chi connectivity index (χ0) is 20.4. The van der Waals surface area contributed by atoms with Gasteiger partial charge in [0.25, 0.3) is 11.8 Å². The molecule has 0 fully saturated rings. The fourth-order valence-electron chi connectivity index (χ4n) is 4.19. The van der Waals surface area contributed by atoms with Crippen molar-refractivity contribution in [3.63, 3.8) is 0 Å². The van der Waals surface area contributed by atoms with Crippen molar-refractivity contribution >= 4 is 11.8 Å². The highest BCUT2D eigenvalue weighted by atomic mass is 16.2. The van der Waals surface area contributed by atoms with E-state index in [0.29, 0.717) is 19.0 Å². The Labute approximate surface area is 170 Å². The van der Waals surface area contributed by atoms with Crippen LogP contribution in [0.4, 0.5) is 0 Å². The first-order valence-electron chi connectivity index (χ1n) is 10.3. The van der Waals surface area contributed by atoms with Crippen LogP contribution in [0.3, 0.4) is 0 Å². The Morgan fingerprint density at radius 3 is 2.90 bits per heavy atom. The van der Waals surface area contributed by atoms with Gasteiger partial charge in [0.1, 0.15) is 0 Å². The SMILES string of the molecule is CC(C)CC1Cn2nnc(C(=O)NCCN3CCc4ccccc4C3)c2C(=O)N1. The molecule has 2 aliphatic heterocycles. The first kappa shape index (κ1) is 19.6. The molecule has 0 radical (unpaired) electrons. The first-order chi connectivity index (χ1) is 14.0. The standard InChI is InChI=1S/C21H28N6O2/c1-14(2)11-17-13-27-19(21(29)23-17)18(24-25-27)20(28)22-8-10-26-9-7-15-5-3-4-6-16(15)12-26/h3-6,14,17H,7-13H2,1-2H3,(H,22,28)(H,23,29). The lowest BCUT2D eigenvalue weighted by Gasteiger charge is -2.28. The van der Waals surface area contributed by atoms with E-state index in [-0.39, 0.29) is 29.2 Å². The van der Waals surface area contributed by atoms with Gasteiger partial charge in [0.2, 0.25) is 0 Å². The minimum absolute atomic E-state index is 0.0228. The molecule has 2 N–H and O–H groups in total. The molecule has 8 heteroatoms. The number of hydrogen-bond acceptors (Lipinski definition) is 5. The van der Waals surface area contributed by atoms with Crippen LogP contribution < -0.4 is 10.6 Å². The summed E-state index contributed by atoms with van der Waals surface area (Å²) in [6.45, 7) is 7.91. The lowest BCUT2D eigenvalue weighted by atomic mass is 10.00. The number of benzene rings is 1. The van der Waals surface area contributed by atoms with Gasteiger partial charge >= 0.3 is 0 Å². The number of amides is 2. The molecule has 2 amide bonds. The molecule has 0 aliphatic carbocycles. The maximum Gasteiger partial charge on any atom is 0.274 e. The highest BCUT2D eigenvalue weighted by molar-refractivity contribution is 6.05. The maximum atomic E-state index is 12.6. The van der Waals surface area contributed by atoms with E-state index in [0.717, 1.165) is 32.5 Å². The molecular formula is C21H28N6O2. The second-order valence-corrected chi connectivity index (χ2v) is 8.32. The predicted molar refractivity (Wildman–Crippen MR) is 108 cm³/mol. The van der Waals surface area contributed by atoms with Crippen molar-refractivity contribution in [1.82, 2.24) is 30.5 Å². The highest BCUT2D eigenvalue weighted by Gasteiger charge is 2.32. The Hall–Kier alpha value is -2.74. The van der Waals surface area contributed by atoms with Crippen molar-refractivity contribution in [2.75, 3.05) is 19.6 Å². The van der Waals surface area contributed by atoms with Crippen molar-refractivity contribution < 1.29 is 9.59 Å². The Morgan fingerprint density at radius 1 is 1.31 bits per heavy atom. The minimum Gasteiger partial charge on any atom is -0.349 e. The van der Waals surface area contributed by atoms with Gasteiger partial charge in [-0.3, -0.25) is 14.5 Å². The summed E-state index contributed by atoms with van der Waals surface area (Å²) in [5.41, 5.74) is 3.12. The smallest absolute Gasteiger partial charge is 0.274 e. The van der Waals surface area contributed by atoms with Gasteiger partial charge in [0, 0.05) is 32.2 Å². The Bertz CT molecular complexity index is 906. The molecule has 1 aromatic carbocycles. The summed E-state index contributed by atoms with van der Waals surface area (Å²) in [6, 6.07) is 8.51. The van der Waals surface area contributed by atoms with Crippen LogP contribution in [0.1, 0.15) is 52.4 Å². The van der Waals surface area contributed by atoms with Crippen molar-refractivity contribution in [3.05, 3.63) is 46.8 Å². The molecule has 154 valence electrons. The predicted octanol–water partition coefficient (Wildman–Crippen LogP) is 1.22. The van der Waals surface area contributed by atoms with Crippen molar-refractivity contribution in [3.8, 4) is 0 Å². The van der Waals surface area contributed by atoms with Crippen LogP contribution in [0.2, 0.25) is 0 Å². The Morgan fingerprint density at radius 2 is 2.10 bits per heavy atom. The molecule has 3 heterocycles. The molecule has 0 saturated heterocycles. The molecule has 29 heavy (non-hydrogen) atoms. The number of nitrogens with zero attached hydrogens (tertiary/aromatic N) is 4. The molecule has 2 aromatic rings. The zero-order valence-electron chi connectivity index (χ0n) is 17.0. The Kier molecular flexibility index (Phi) is 5.62. The number of nitrogens with one attached hydrogen (secondary N) is 2. The van der Waals surface area contributed by atoms with E-state index >= 15 is 0 Å². The minimum atomic E-state index is -0.346. The Balaban J connectivity index is 1.32. The molecule has 8 nitrogen and oxygen atoms in total. The fourth-order valence-corrected chi connectivity index (χ4v) is 4.19. The van der Waals surface area contributed by atoms with E-state index in [1.54, 1.807) is 4.68 Å². The second kappa shape index (κ2) is 8.32. The number of hydrogen-bond donors (Lipinski definition) is 2. The van der Waals surface area contributed by atoms with Gasteiger partial charge in [-0.15, -0.1) is 5.10 Å². The van der Waals surface area contributed by atoms with E-state index in [2.05, 4.69) is 64.0 Å². The summed E-state index contributed by atoms with van der Waals surface area (Å²) in [6.07, 6.45) is 1.89. The molecule has 2 aliphatic rings. The van der Waals surface area contributed by atoms with Gasteiger partial charge in [0.15, 0.2) is 11.4 Å². The third-order valence-corrected chi connectivity index (χ3v) is 5.57. The number of aromatic nitrogens is 3. The van der Waals surface area contributed by atoms with Gasteiger partial charge in [-0.2, -0.15) is 0 Å². The number of carbonyl (C=O) groups excluding carboxylic acids is 2. The number of rotatable bonds is 6. The van der Waals surface area contributed by atoms with E-state index in [9.17, 15) is 9.59 Å². The van der Waals surface area contributed by atoms with Gasteiger partial charge in [-0.25, -0.2) is 4.68 Å². The van der Waals surface area contributed by atoms with E-state index in [1.807, 2.05) is 0 Å². The number of carbonyl (C=O) groups is 2. The maximum absolute atomic E-state index is 12.6. The van der Waals surface area contributed by atoms with Crippen LogP contribution in [0, 0.1) is 5.92 Å². The molecule has 1 aromatic heterocycles. The molecule has 0 spiro atoms. The first-order valence-corrected chi connectivity index (χ1v) is 10.3. The molecule has 0 bridgehead atoms. The summed E-state index contributed by atoms with van der Waals surface area (Å²) in [4.78, 5) is 27.4. The number of fused-ring (bicyclic) bond motifs is 2. The third-order valence-electron chi connectivity index (χ3n) is 5.57. The average molecular weight is 396 g/mol. The van der Waals surface area contributed by atoms with Crippen molar-refractivity contribution in [2.45, 2.75) is 45.8 Å². The summed E-state index contributed by atoms with van der Waals surface area (Å²) >= 11 is 0. The highest BCUT2D eigenvalue weighted by Crippen LogP contribution is 2.18. The van der Waals surface area contributed by atoms with Gasteiger partial charge in [-0.05, 0) is 29.9 Å². The van der Waals surface area contributed by atoms with Crippen molar-refractivity contribution in [1.29, 1.82) is 0 Å². The van der Waals surface area contributed by atoms with Crippen LogP contribution in [0.25, 0.3) is 0 Å². The van der Waals surface area contributed by atoms with E-state index in [1.165, 1.54) is 11.1 Å². The van der Waals surface area contributed by atoms with Gasteiger partial charge in [0.05, 0.1) is 6.54 Å². The zero-order valence-corrected chi connectivity index (χ0v) is 17.0. The van der Waals surface area contributed by atoms with Crippen LogP contribution in [0.15, 0.2) is 24.3 Å². The third kappa shape index (κ3) is 4.32. The van der Waals surface area contributed by atoms with E-state index < -0.39 is 0 Å². The van der Waals surface area contributed by atoms with Crippen LogP contribution >= 0.6 is 0 Å². The lowest BCUT2D eigenvalue weighted by Crippen LogP contribution is -2.46. The quantitative estimate of drug-likeness (QED) is 0.766. The summed E-state index contributed by atoms with van der Waals surface area (Å²) in [7, 11) is 0. The van der Waals surface area contributed by atoms with Crippen LogP contribution in [-0.4, -0.2) is 57.4 Å². The molecular weight excluding hydrogens is 368 g/mol. The van der Waals surface area contributed by atoms with Crippen molar-refractivity contribution in [2.24, 2.45) is 5.92 Å². The largest absolute Gasteiger partial charge is 0.349 e. The fraction of sp³-hybridized carbons (Fsp3) is 0.524. The average Bonchev–Trinajstić information content (AvgIpc) is 3.12. The summed E-state index contributed by atoms with van der Waals surface area (Å²) in [5, 5.41) is 13.9. The summed E-state index contributed by atoms with van der Waals surface area (Å²) < 4.78 is 1.56. The molecule has 1 unspecified atom stereocenters. The normalized spacial score (nSPS) is 18.9. The van der Waals surface area contributed by atoms with E-state index in [4.69, 9.17) is 0 Å². The molecule has 4 rings (SSSR count). The van der Waals surface area contributed by atoms with Crippen LogP contribution in [-0.2, 0) is 19.5 Å². The molecule has 1 atom stereocenters. The van der Waals surface area contributed by atoms with Gasteiger partial charge in [-0.1, -0.05) is 43.3 Å². The lowest BCUT2D eigenvalue weighted by molar-refractivity contribution is 0.0869. The topological polar surface area (TPSA) is 92.2 Å². The second-order valence-electron chi connectivity index (χ2n) is 8.32. The summed E-state index contributed by atoms with van der Waals surface area (Å²) in [5.74, 6) is -0.152. The monoisotopic (exact) mass is 396 g/mol. The van der Waals surface area contributed by atoms with Crippen LogP contribution in [0.5, 0.6) is 0 Å².